The minimum atomic E-state index is -0.531. The molecule has 1 atom stereocenters. The van der Waals surface area contributed by atoms with Crippen LogP contribution >= 0.6 is 0 Å². The SMILES string of the molecule is CCN(CC)Cc1c(O)c(=O)cc(C)n1CC(C)O. The molecule has 0 aliphatic rings. The number of nitrogens with zero attached hydrogens (tertiary/aromatic N) is 2. The molecule has 0 fully saturated rings. The normalized spacial score (nSPS) is 12.9. The first kappa shape index (κ1) is 15.7. The predicted molar refractivity (Wildman–Crippen MR) is 75.4 cm³/mol. The van der Waals surface area contributed by atoms with E-state index in [1.165, 1.54) is 6.07 Å². The zero-order chi connectivity index (χ0) is 14.6. The largest absolute Gasteiger partial charge is 0.503 e. The maximum atomic E-state index is 11.7. The summed E-state index contributed by atoms with van der Waals surface area (Å²) in [4.78, 5) is 13.8. The highest BCUT2D eigenvalue weighted by Crippen LogP contribution is 2.17. The molecule has 1 aromatic rings. The van der Waals surface area contributed by atoms with Crippen LogP contribution in [0.25, 0.3) is 0 Å². The Labute approximate surface area is 114 Å². The average molecular weight is 268 g/mol. The molecule has 0 radical (unpaired) electrons. The van der Waals surface area contributed by atoms with E-state index in [4.69, 9.17) is 0 Å². The number of hydrogen-bond acceptors (Lipinski definition) is 4. The summed E-state index contributed by atoms with van der Waals surface area (Å²) in [6, 6.07) is 1.41. The summed E-state index contributed by atoms with van der Waals surface area (Å²) in [6.07, 6.45) is -0.531. The van der Waals surface area contributed by atoms with E-state index >= 15 is 0 Å². The summed E-state index contributed by atoms with van der Waals surface area (Å²) in [6.45, 7) is 10.1. The third kappa shape index (κ3) is 3.81. The van der Waals surface area contributed by atoms with Crippen molar-refractivity contribution in [3.8, 4) is 5.75 Å². The summed E-state index contributed by atoms with van der Waals surface area (Å²) in [5.41, 5.74) is 0.974. The van der Waals surface area contributed by atoms with Crippen molar-refractivity contribution in [2.24, 2.45) is 0 Å². The van der Waals surface area contributed by atoms with Crippen LogP contribution in [-0.4, -0.2) is 38.9 Å². The van der Waals surface area contributed by atoms with Crippen molar-refractivity contribution >= 4 is 0 Å². The molecule has 1 heterocycles. The van der Waals surface area contributed by atoms with Gasteiger partial charge >= 0.3 is 0 Å². The lowest BCUT2D eigenvalue weighted by Gasteiger charge is -2.24. The van der Waals surface area contributed by atoms with E-state index in [0.29, 0.717) is 18.8 Å². The Balaban J connectivity index is 3.27. The van der Waals surface area contributed by atoms with Gasteiger partial charge in [-0.15, -0.1) is 0 Å². The fraction of sp³-hybridized carbons (Fsp3) is 0.643. The molecule has 0 aliphatic carbocycles. The van der Waals surface area contributed by atoms with Crippen LogP contribution in [0.2, 0.25) is 0 Å². The van der Waals surface area contributed by atoms with E-state index in [0.717, 1.165) is 18.8 Å². The molecule has 1 unspecified atom stereocenters. The second kappa shape index (κ2) is 6.73. The monoisotopic (exact) mass is 268 g/mol. The van der Waals surface area contributed by atoms with Crippen LogP contribution in [0.5, 0.6) is 5.75 Å². The van der Waals surface area contributed by atoms with Crippen LogP contribution in [0.1, 0.15) is 32.2 Å². The zero-order valence-electron chi connectivity index (χ0n) is 12.2. The van der Waals surface area contributed by atoms with Gasteiger partial charge in [0, 0.05) is 24.8 Å². The Hall–Kier alpha value is -1.33. The summed E-state index contributed by atoms with van der Waals surface area (Å²) >= 11 is 0. The molecule has 1 rings (SSSR count). The van der Waals surface area contributed by atoms with Crippen molar-refractivity contribution in [1.82, 2.24) is 9.47 Å². The second-order valence-electron chi connectivity index (χ2n) is 4.87. The van der Waals surface area contributed by atoms with E-state index in [1.807, 2.05) is 25.3 Å². The van der Waals surface area contributed by atoms with E-state index in [-0.39, 0.29) is 11.2 Å². The molecule has 0 spiro atoms. The molecule has 108 valence electrons. The highest BCUT2D eigenvalue weighted by Gasteiger charge is 2.16. The van der Waals surface area contributed by atoms with Crippen LogP contribution in [0.4, 0.5) is 0 Å². The van der Waals surface area contributed by atoms with E-state index in [9.17, 15) is 15.0 Å². The molecule has 2 N–H and O–H groups in total. The Morgan fingerprint density at radius 1 is 1.37 bits per heavy atom. The molecule has 5 heteroatoms. The van der Waals surface area contributed by atoms with Gasteiger partial charge in [0.1, 0.15) is 0 Å². The predicted octanol–water partition coefficient (Wildman–Crippen LogP) is 1.08. The maximum absolute atomic E-state index is 11.7. The lowest BCUT2D eigenvalue weighted by molar-refractivity contribution is 0.168. The van der Waals surface area contributed by atoms with Gasteiger partial charge in [-0.3, -0.25) is 9.69 Å². The van der Waals surface area contributed by atoms with Gasteiger partial charge in [-0.1, -0.05) is 13.8 Å². The fourth-order valence-corrected chi connectivity index (χ4v) is 2.16. The highest BCUT2D eigenvalue weighted by atomic mass is 16.3. The minimum absolute atomic E-state index is 0.210. The third-order valence-corrected chi connectivity index (χ3v) is 3.31. The smallest absolute Gasteiger partial charge is 0.223 e. The Bertz CT molecular complexity index is 476. The number of pyridine rings is 1. The Kier molecular flexibility index (Phi) is 5.57. The number of aromatic hydroxyl groups is 1. The second-order valence-corrected chi connectivity index (χ2v) is 4.87. The number of aryl methyl sites for hydroxylation is 1. The molecule has 0 aliphatic heterocycles. The van der Waals surface area contributed by atoms with Gasteiger partial charge in [-0.2, -0.15) is 0 Å². The zero-order valence-corrected chi connectivity index (χ0v) is 12.2. The number of aliphatic hydroxyl groups excluding tert-OH is 1. The molecule has 0 amide bonds. The van der Waals surface area contributed by atoms with Crippen molar-refractivity contribution in [2.45, 2.75) is 46.9 Å². The van der Waals surface area contributed by atoms with Gasteiger partial charge in [0.25, 0.3) is 0 Å². The van der Waals surface area contributed by atoms with Crippen LogP contribution in [0, 0.1) is 6.92 Å². The topological polar surface area (TPSA) is 65.7 Å². The Morgan fingerprint density at radius 3 is 2.42 bits per heavy atom. The number of aliphatic hydroxyl groups is 1. The first-order valence-corrected chi connectivity index (χ1v) is 6.73. The Morgan fingerprint density at radius 2 is 1.95 bits per heavy atom. The van der Waals surface area contributed by atoms with Crippen LogP contribution in [0.3, 0.4) is 0 Å². The van der Waals surface area contributed by atoms with Crippen LogP contribution in [0.15, 0.2) is 10.9 Å². The number of rotatable bonds is 6. The summed E-state index contributed by atoms with van der Waals surface area (Å²) in [5, 5.41) is 19.6. The van der Waals surface area contributed by atoms with Gasteiger partial charge in [-0.25, -0.2) is 0 Å². The lowest BCUT2D eigenvalue weighted by Crippen LogP contribution is -2.28. The first-order valence-electron chi connectivity index (χ1n) is 6.73. The molecule has 1 aromatic heterocycles. The molecule has 0 aromatic carbocycles. The van der Waals surface area contributed by atoms with Crippen molar-refractivity contribution in [3.63, 3.8) is 0 Å². The number of aromatic nitrogens is 1. The molecule has 19 heavy (non-hydrogen) atoms. The first-order chi connectivity index (χ1) is 8.90. The summed E-state index contributed by atoms with van der Waals surface area (Å²) in [7, 11) is 0. The molecule has 5 nitrogen and oxygen atoms in total. The molecular formula is C14H24N2O3. The van der Waals surface area contributed by atoms with Gasteiger partial charge in [-0.05, 0) is 26.9 Å². The molecule has 0 saturated heterocycles. The van der Waals surface area contributed by atoms with Gasteiger partial charge in [0.15, 0.2) is 5.75 Å². The van der Waals surface area contributed by atoms with E-state index in [2.05, 4.69) is 4.90 Å². The van der Waals surface area contributed by atoms with E-state index < -0.39 is 6.10 Å². The minimum Gasteiger partial charge on any atom is -0.503 e. The number of hydrogen-bond donors (Lipinski definition) is 2. The van der Waals surface area contributed by atoms with Crippen molar-refractivity contribution in [2.75, 3.05) is 13.1 Å². The van der Waals surface area contributed by atoms with Gasteiger partial charge in [0.2, 0.25) is 5.43 Å². The maximum Gasteiger partial charge on any atom is 0.223 e. The summed E-state index contributed by atoms with van der Waals surface area (Å²) < 4.78 is 1.82. The van der Waals surface area contributed by atoms with Crippen molar-refractivity contribution in [1.29, 1.82) is 0 Å². The quantitative estimate of drug-likeness (QED) is 0.810. The van der Waals surface area contributed by atoms with Crippen LogP contribution < -0.4 is 5.43 Å². The standard InChI is InChI=1S/C14H24N2O3/c1-5-15(6-2)9-12-14(19)13(18)7-10(3)16(12)8-11(4)17/h7,11,17,19H,5-6,8-9H2,1-4H3. The average Bonchev–Trinajstić information content (AvgIpc) is 2.35. The van der Waals surface area contributed by atoms with Gasteiger partial charge in [0.05, 0.1) is 11.8 Å². The molecule has 0 saturated carbocycles. The van der Waals surface area contributed by atoms with E-state index in [1.54, 1.807) is 6.92 Å². The molecular weight excluding hydrogens is 244 g/mol. The summed E-state index contributed by atoms with van der Waals surface area (Å²) in [5.74, 6) is -0.210. The fourth-order valence-electron chi connectivity index (χ4n) is 2.16. The third-order valence-electron chi connectivity index (χ3n) is 3.31. The van der Waals surface area contributed by atoms with Crippen molar-refractivity contribution < 1.29 is 10.2 Å². The van der Waals surface area contributed by atoms with Crippen LogP contribution in [-0.2, 0) is 13.1 Å². The molecule has 0 bridgehead atoms. The lowest BCUT2D eigenvalue weighted by atomic mass is 10.2. The highest BCUT2D eigenvalue weighted by molar-refractivity contribution is 5.29. The van der Waals surface area contributed by atoms with Crippen molar-refractivity contribution in [3.05, 3.63) is 27.7 Å². The van der Waals surface area contributed by atoms with Gasteiger partial charge < -0.3 is 14.8 Å².